The van der Waals surface area contributed by atoms with Crippen LogP contribution in [0.5, 0.6) is 0 Å². The molecule has 0 atom stereocenters. The van der Waals surface area contributed by atoms with Crippen LogP contribution in [-0.4, -0.2) is 85.9 Å². The van der Waals surface area contributed by atoms with E-state index in [1.165, 1.54) is 11.3 Å². The van der Waals surface area contributed by atoms with Gasteiger partial charge in [-0.1, -0.05) is 12.1 Å². The number of ether oxygens (including phenoxy) is 2. The Morgan fingerprint density at radius 1 is 1.00 bits per heavy atom. The van der Waals surface area contributed by atoms with E-state index in [1.807, 2.05) is 34.7 Å². The summed E-state index contributed by atoms with van der Waals surface area (Å²) in [7, 11) is 0. The summed E-state index contributed by atoms with van der Waals surface area (Å²) in [6.07, 6.45) is 0. The number of nitrogens with zero attached hydrogens (tertiary/aromatic N) is 4. The number of carbonyl (C=O) groups is 1. The van der Waals surface area contributed by atoms with Crippen LogP contribution in [0.15, 0.2) is 41.2 Å². The smallest absolute Gasteiger partial charge is 0.258 e. The number of amides is 1. The van der Waals surface area contributed by atoms with Crippen molar-refractivity contribution >= 4 is 49.1 Å². The molecule has 35 heavy (non-hydrogen) atoms. The number of rotatable bonds is 5. The van der Waals surface area contributed by atoms with Crippen LogP contribution >= 0.6 is 11.3 Å². The first-order valence-corrected chi connectivity index (χ1v) is 12.8. The molecule has 1 amide bonds. The van der Waals surface area contributed by atoms with Gasteiger partial charge in [-0.3, -0.25) is 18.9 Å². The Kier molecular flexibility index (Phi) is 6.11. The van der Waals surface area contributed by atoms with Crippen molar-refractivity contribution in [1.29, 1.82) is 0 Å². The molecule has 1 N–H and O–H groups in total. The van der Waals surface area contributed by atoms with Crippen molar-refractivity contribution in [2.75, 3.05) is 70.6 Å². The summed E-state index contributed by atoms with van der Waals surface area (Å²) in [5.74, 6) is 0.471. The number of fused-ring (bicyclic) bond motifs is 5. The Labute approximate surface area is 205 Å². The summed E-state index contributed by atoms with van der Waals surface area (Å²) >= 11 is 1.45. The monoisotopic (exact) mass is 493 g/mol. The normalized spacial score (nSPS) is 17.4. The molecule has 0 bridgehead atoms. The number of benzene rings is 1. The van der Waals surface area contributed by atoms with E-state index in [2.05, 4.69) is 15.1 Å². The molecule has 2 fully saturated rings. The second kappa shape index (κ2) is 9.54. The van der Waals surface area contributed by atoms with Gasteiger partial charge in [-0.05, 0) is 24.3 Å². The molecule has 5 heterocycles. The Morgan fingerprint density at radius 2 is 1.74 bits per heavy atom. The van der Waals surface area contributed by atoms with Crippen molar-refractivity contribution < 1.29 is 14.3 Å². The van der Waals surface area contributed by atoms with E-state index in [4.69, 9.17) is 14.5 Å². The van der Waals surface area contributed by atoms with Gasteiger partial charge in [0.1, 0.15) is 16.2 Å². The largest absolute Gasteiger partial charge is 0.379 e. The van der Waals surface area contributed by atoms with Crippen LogP contribution in [0, 0.1) is 0 Å². The third-order valence-electron chi connectivity index (χ3n) is 6.65. The van der Waals surface area contributed by atoms with Gasteiger partial charge < -0.3 is 19.7 Å². The van der Waals surface area contributed by atoms with Crippen LogP contribution in [0.1, 0.15) is 10.4 Å². The Balaban J connectivity index is 1.43. The average molecular weight is 494 g/mol. The minimum atomic E-state index is -0.341. The number of thiazole rings is 1. The summed E-state index contributed by atoms with van der Waals surface area (Å²) in [5, 5.41) is 3.43. The highest BCUT2D eigenvalue weighted by atomic mass is 32.1. The van der Waals surface area contributed by atoms with Crippen molar-refractivity contribution in [3.8, 4) is 0 Å². The molecule has 0 saturated carbocycles. The second-order valence-corrected chi connectivity index (χ2v) is 9.80. The van der Waals surface area contributed by atoms with Gasteiger partial charge in [0, 0.05) is 39.3 Å². The van der Waals surface area contributed by atoms with Gasteiger partial charge in [0.05, 0.1) is 42.0 Å². The van der Waals surface area contributed by atoms with Crippen molar-refractivity contribution in [1.82, 2.24) is 19.6 Å². The maximum Gasteiger partial charge on any atom is 0.258 e. The lowest BCUT2D eigenvalue weighted by Crippen LogP contribution is -2.42. The third-order valence-corrected chi connectivity index (χ3v) is 7.80. The van der Waals surface area contributed by atoms with Crippen LogP contribution in [-0.2, 0) is 9.47 Å². The number of carbonyl (C=O) groups excluding carboxylic acids is 1. The fraction of sp³-hybridized carbons (Fsp3) is 0.400. The minimum Gasteiger partial charge on any atom is -0.379 e. The molecule has 4 aromatic rings. The number of hydrogen-bond donors (Lipinski definition) is 1. The lowest BCUT2D eigenvalue weighted by Gasteiger charge is -2.28. The minimum absolute atomic E-state index is 0.182. The number of anilines is 1. The molecule has 6 rings (SSSR count). The Hall–Kier alpha value is -3.05. The highest BCUT2D eigenvalue weighted by Crippen LogP contribution is 2.31. The SMILES string of the molecule is O=C(NCCN1CCOCC1)c1c(=O)c2ccc(N3CCOCC3)nc2n2c1sc1ccccc12. The highest BCUT2D eigenvalue weighted by molar-refractivity contribution is 7.24. The second-order valence-electron chi connectivity index (χ2n) is 8.76. The summed E-state index contributed by atoms with van der Waals surface area (Å²) < 4.78 is 13.8. The molecule has 2 aliphatic rings. The molecule has 2 aliphatic heterocycles. The van der Waals surface area contributed by atoms with Crippen molar-refractivity contribution in [3.05, 3.63) is 52.2 Å². The molecule has 3 aromatic heterocycles. The molecule has 0 unspecified atom stereocenters. The van der Waals surface area contributed by atoms with Crippen molar-refractivity contribution in [3.63, 3.8) is 0 Å². The predicted octanol–water partition coefficient (Wildman–Crippen LogP) is 1.96. The van der Waals surface area contributed by atoms with E-state index in [-0.39, 0.29) is 16.9 Å². The predicted molar refractivity (Wildman–Crippen MR) is 137 cm³/mol. The van der Waals surface area contributed by atoms with E-state index >= 15 is 0 Å². The first-order chi connectivity index (χ1) is 17.2. The molecule has 0 aliphatic carbocycles. The summed E-state index contributed by atoms with van der Waals surface area (Å²) in [4.78, 5) is 37.0. The van der Waals surface area contributed by atoms with Crippen molar-refractivity contribution in [2.45, 2.75) is 0 Å². The number of pyridine rings is 2. The van der Waals surface area contributed by atoms with Gasteiger partial charge in [0.15, 0.2) is 5.65 Å². The molecule has 10 heteroatoms. The first kappa shape index (κ1) is 22.4. The third kappa shape index (κ3) is 4.16. The van der Waals surface area contributed by atoms with Crippen LogP contribution in [0.2, 0.25) is 0 Å². The maximum atomic E-state index is 13.6. The topological polar surface area (TPSA) is 88.4 Å². The van der Waals surface area contributed by atoms with E-state index in [1.54, 1.807) is 6.07 Å². The lowest BCUT2D eigenvalue weighted by molar-refractivity contribution is 0.0383. The quantitative estimate of drug-likeness (QED) is 0.455. The zero-order chi connectivity index (χ0) is 23.8. The van der Waals surface area contributed by atoms with Gasteiger partial charge in [-0.25, -0.2) is 4.98 Å². The van der Waals surface area contributed by atoms with E-state index < -0.39 is 0 Å². The zero-order valence-corrected chi connectivity index (χ0v) is 20.2. The standard InChI is InChI=1S/C25H27N5O4S/c31-22-17-5-6-20(29-11-15-34-16-12-29)27-23(17)30-18-3-1-2-4-19(18)35-25(30)21(22)24(32)26-7-8-28-9-13-33-14-10-28/h1-6H,7-16H2,(H,26,32). The Bertz CT molecular complexity index is 1450. The van der Waals surface area contributed by atoms with Gasteiger partial charge >= 0.3 is 0 Å². The molecule has 182 valence electrons. The lowest BCUT2D eigenvalue weighted by atomic mass is 10.1. The van der Waals surface area contributed by atoms with Gasteiger partial charge in [0.2, 0.25) is 5.43 Å². The fourth-order valence-corrected chi connectivity index (χ4v) is 5.97. The highest BCUT2D eigenvalue weighted by Gasteiger charge is 2.24. The number of para-hydroxylation sites is 1. The number of aromatic nitrogens is 2. The van der Waals surface area contributed by atoms with Crippen LogP contribution in [0.25, 0.3) is 26.1 Å². The van der Waals surface area contributed by atoms with E-state index in [9.17, 15) is 9.59 Å². The van der Waals surface area contributed by atoms with E-state index in [0.717, 1.165) is 48.8 Å². The van der Waals surface area contributed by atoms with Crippen LogP contribution < -0.4 is 15.6 Å². The molecular formula is C25H27N5O4S. The van der Waals surface area contributed by atoms with Gasteiger partial charge in [-0.2, -0.15) is 0 Å². The van der Waals surface area contributed by atoms with Gasteiger partial charge in [-0.15, -0.1) is 11.3 Å². The number of nitrogens with one attached hydrogen (secondary N) is 1. The van der Waals surface area contributed by atoms with E-state index in [0.29, 0.717) is 48.8 Å². The number of morpholine rings is 2. The summed E-state index contributed by atoms with van der Waals surface area (Å²) in [6.45, 7) is 7.14. The fourth-order valence-electron chi connectivity index (χ4n) is 4.79. The number of hydrogen-bond acceptors (Lipinski definition) is 8. The van der Waals surface area contributed by atoms with Crippen LogP contribution in [0.4, 0.5) is 5.82 Å². The van der Waals surface area contributed by atoms with Gasteiger partial charge in [0.25, 0.3) is 5.91 Å². The summed E-state index contributed by atoms with van der Waals surface area (Å²) in [6, 6.07) is 11.6. The average Bonchev–Trinajstić information content (AvgIpc) is 3.29. The molecule has 2 saturated heterocycles. The summed E-state index contributed by atoms with van der Waals surface area (Å²) in [5.41, 5.74) is 1.42. The Morgan fingerprint density at radius 3 is 2.54 bits per heavy atom. The molecular weight excluding hydrogens is 466 g/mol. The molecule has 1 aromatic carbocycles. The van der Waals surface area contributed by atoms with Crippen molar-refractivity contribution in [2.24, 2.45) is 0 Å². The van der Waals surface area contributed by atoms with Crippen LogP contribution in [0.3, 0.4) is 0 Å². The first-order valence-electron chi connectivity index (χ1n) is 12.0. The molecule has 0 radical (unpaired) electrons. The maximum absolute atomic E-state index is 13.6. The molecule has 9 nitrogen and oxygen atoms in total. The zero-order valence-electron chi connectivity index (χ0n) is 19.4. The molecule has 0 spiro atoms.